The first kappa shape index (κ1) is 13.0. The maximum Gasteiger partial charge on any atom is 0.254 e. The zero-order valence-corrected chi connectivity index (χ0v) is 10.6. The highest BCUT2D eigenvalue weighted by atomic mass is 19.1. The predicted molar refractivity (Wildman–Crippen MR) is 69.1 cm³/mol. The van der Waals surface area contributed by atoms with Gasteiger partial charge in [0.05, 0.1) is 5.56 Å². The second-order valence-electron chi connectivity index (χ2n) is 4.82. The van der Waals surface area contributed by atoms with Crippen molar-refractivity contribution in [1.82, 2.24) is 10.6 Å². The molecule has 98 valence electrons. The Bertz CT molecular complexity index is 428. The van der Waals surface area contributed by atoms with Crippen LogP contribution in [-0.4, -0.2) is 25.0 Å². The Morgan fingerprint density at radius 2 is 2.39 bits per heavy atom. The Labute approximate surface area is 107 Å². The molecule has 1 amide bonds. The van der Waals surface area contributed by atoms with Crippen LogP contribution < -0.4 is 10.6 Å². The molecule has 0 radical (unpaired) electrons. The van der Waals surface area contributed by atoms with Gasteiger partial charge in [0.1, 0.15) is 5.82 Å². The highest BCUT2D eigenvalue weighted by molar-refractivity contribution is 5.94. The molecule has 3 nitrogen and oxygen atoms in total. The van der Waals surface area contributed by atoms with Crippen molar-refractivity contribution in [2.45, 2.75) is 32.2 Å². The van der Waals surface area contributed by atoms with Crippen molar-refractivity contribution < 1.29 is 9.18 Å². The third kappa shape index (κ3) is 3.29. The maximum atomic E-state index is 13.6. The van der Waals surface area contributed by atoms with E-state index in [1.165, 1.54) is 18.6 Å². The van der Waals surface area contributed by atoms with Crippen LogP contribution in [0, 0.1) is 12.7 Å². The molecule has 1 aliphatic rings. The Morgan fingerprint density at radius 1 is 1.56 bits per heavy atom. The molecular formula is C14H19FN2O. The molecule has 1 atom stereocenters. The molecule has 1 heterocycles. The van der Waals surface area contributed by atoms with Crippen molar-refractivity contribution in [3.05, 3.63) is 35.1 Å². The highest BCUT2D eigenvalue weighted by Crippen LogP contribution is 2.10. The van der Waals surface area contributed by atoms with Crippen molar-refractivity contribution >= 4 is 5.91 Å². The molecule has 2 N–H and O–H groups in total. The minimum Gasteiger partial charge on any atom is -0.352 e. The van der Waals surface area contributed by atoms with E-state index >= 15 is 0 Å². The van der Waals surface area contributed by atoms with Gasteiger partial charge in [0.2, 0.25) is 0 Å². The van der Waals surface area contributed by atoms with E-state index in [9.17, 15) is 9.18 Å². The molecule has 0 aliphatic carbocycles. The summed E-state index contributed by atoms with van der Waals surface area (Å²) < 4.78 is 13.6. The Balaban J connectivity index is 1.83. The fraction of sp³-hybridized carbons (Fsp3) is 0.500. The number of benzene rings is 1. The number of hydrogen-bond donors (Lipinski definition) is 2. The highest BCUT2D eigenvalue weighted by Gasteiger charge is 2.15. The molecule has 1 fully saturated rings. The van der Waals surface area contributed by atoms with Crippen LogP contribution in [-0.2, 0) is 0 Å². The fourth-order valence-corrected chi connectivity index (χ4v) is 2.26. The van der Waals surface area contributed by atoms with Gasteiger partial charge < -0.3 is 10.6 Å². The summed E-state index contributed by atoms with van der Waals surface area (Å²) in [4.78, 5) is 11.8. The van der Waals surface area contributed by atoms with E-state index in [1.807, 2.05) is 0 Å². The number of amides is 1. The van der Waals surface area contributed by atoms with E-state index in [0.29, 0.717) is 12.6 Å². The lowest BCUT2D eigenvalue weighted by molar-refractivity contribution is 0.0948. The van der Waals surface area contributed by atoms with Crippen LogP contribution >= 0.6 is 0 Å². The van der Waals surface area contributed by atoms with Crippen molar-refractivity contribution in [3.63, 3.8) is 0 Å². The largest absolute Gasteiger partial charge is 0.352 e. The van der Waals surface area contributed by atoms with Crippen molar-refractivity contribution in [2.75, 3.05) is 13.1 Å². The molecular weight excluding hydrogens is 231 g/mol. The smallest absolute Gasteiger partial charge is 0.254 e. The number of rotatable bonds is 4. The molecule has 1 aromatic carbocycles. The van der Waals surface area contributed by atoms with Crippen LogP contribution in [0.3, 0.4) is 0 Å². The van der Waals surface area contributed by atoms with Gasteiger partial charge in [-0.3, -0.25) is 4.79 Å². The molecule has 2 rings (SSSR count). The number of aryl methyl sites for hydroxylation is 1. The van der Waals surface area contributed by atoms with Crippen LogP contribution in [0.25, 0.3) is 0 Å². The van der Waals surface area contributed by atoms with E-state index in [4.69, 9.17) is 0 Å². The lowest BCUT2D eigenvalue weighted by atomic mass is 10.1. The molecule has 18 heavy (non-hydrogen) atoms. The molecule has 1 unspecified atom stereocenters. The zero-order chi connectivity index (χ0) is 13.0. The SMILES string of the molecule is Cc1ccc(C(=O)NCCC2CCCN2)c(F)c1. The molecule has 0 bridgehead atoms. The quantitative estimate of drug-likeness (QED) is 0.858. The van der Waals surface area contributed by atoms with Crippen LogP contribution in [0.5, 0.6) is 0 Å². The van der Waals surface area contributed by atoms with Gasteiger partial charge in [0, 0.05) is 12.6 Å². The first-order valence-electron chi connectivity index (χ1n) is 6.44. The van der Waals surface area contributed by atoms with Crippen LogP contribution in [0.4, 0.5) is 4.39 Å². The third-order valence-corrected chi connectivity index (χ3v) is 3.31. The Morgan fingerprint density at radius 3 is 3.06 bits per heavy atom. The number of halogens is 1. The number of carbonyl (C=O) groups is 1. The number of nitrogens with one attached hydrogen (secondary N) is 2. The maximum absolute atomic E-state index is 13.6. The minimum absolute atomic E-state index is 0.125. The van der Waals surface area contributed by atoms with Gasteiger partial charge in [0.15, 0.2) is 0 Å². The van der Waals surface area contributed by atoms with E-state index in [0.717, 1.165) is 24.9 Å². The van der Waals surface area contributed by atoms with Gasteiger partial charge in [-0.25, -0.2) is 4.39 Å². The van der Waals surface area contributed by atoms with Gasteiger partial charge >= 0.3 is 0 Å². The summed E-state index contributed by atoms with van der Waals surface area (Å²) in [6, 6.07) is 5.16. The van der Waals surface area contributed by atoms with Crippen molar-refractivity contribution in [3.8, 4) is 0 Å². The van der Waals surface area contributed by atoms with Crippen LogP contribution in [0.2, 0.25) is 0 Å². The molecule has 0 spiro atoms. The Hall–Kier alpha value is -1.42. The lowest BCUT2D eigenvalue weighted by Gasteiger charge is -2.11. The van der Waals surface area contributed by atoms with E-state index in [1.54, 1.807) is 13.0 Å². The van der Waals surface area contributed by atoms with E-state index < -0.39 is 5.82 Å². The van der Waals surface area contributed by atoms with Gasteiger partial charge in [-0.05, 0) is 50.4 Å². The summed E-state index contributed by atoms with van der Waals surface area (Å²) in [5.41, 5.74) is 0.944. The summed E-state index contributed by atoms with van der Waals surface area (Å²) in [6.07, 6.45) is 3.26. The number of carbonyl (C=O) groups excluding carboxylic acids is 1. The molecule has 0 aromatic heterocycles. The second-order valence-corrected chi connectivity index (χ2v) is 4.82. The van der Waals surface area contributed by atoms with Crippen molar-refractivity contribution in [2.24, 2.45) is 0 Å². The fourth-order valence-electron chi connectivity index (χ4n) is 2.26. The lowest BCUT2D eigenvalue weighted by Crippen LogP contribution is -2.31. The predicted octanol–water partition coefficient (Wildman–Crippen LogP) is 2.01. The zero-order valence-electron chi connectivity index (χ0n) is 10.6. The molecule has 4 heteroatoms. The van der Waals surface area contributed by atoms with Gasteiger partial charge in [-0.1, -0.05) is 6.07 Å². The Kier molecular flexibility index (Phi) is 4.31. The first-order valence-corrected chi connectivity index (χ1v) is 6.44. The van der Waals surface area contributed by atoms with E-state index in [2.05, 4.69) is 10.6 Å². The molecule has 1 aromatic rings. The monoisotopic (exact) mass is 250 g/mol. The van der Waals surface area contributed by atoms with Gasteiger partial charge in [-0.15, -0.1) is 0 Å². The molecule has 1 saturated heterocycles. The van der Waals surface area contributed by atoms with E-state index in [-0.39, 0.29) is 11.5 Å². The van der Waals surface area contributed by atoms with Crippen LogP contribution in [0.15, 0.2) is 18.2 Å². The summed E-state index contributed by atoms with van der Waals surface area (Å²) in [5.74, 6) is -0.781. The molecule has 0 saturated carbocycles. The molecule has 1 aliphatic heterocycles. The standard InChI is InChI=1S/C14H19FN2O/c1-10-4-5-12(13(15)9-10)14(18)17-8-6-11-3-2-7-16-11/h4-5,9,11,16H,2-3,6-8H2,1H3,(H,17,18). The average molecular weight is 250 g/mol. The third-order valence-electron chi connectivity index (χ3n) is 3.31. The second kappa shape index (κ2) is 5.96. The topological polar surface area (TPSA) is 41.1 Å². The minimum atomic E-state index is -0.452. The average Bonchev–Trinajstić information content (AvgIpc) is 2.81. The summed E-state index contributed by atoms with van der Waals surface area (Å²) in [5, 5.41) is 6.13. The normalized spacial score (nSPS) is 18.9. The summed E-state index contributed by atoms with van der Waals surface area (Å²) >= 11 is 0. The van der Waals surface area contributed by atoms with Gasteiger partial charge in [0.25, 0.3) is 5.91 Å². The number of hydrogen-bond acceptors (Lipinski definition) is 2. The first-order chi connectivity index (χ1) is 8.66. The van der Waals surface area contributed by atoms with Gasteiger partial charge in [-0.2, -0.15) is 0 Å². The summed E-state index contributed by atoms with van der Waals surface area (Å²) in [7, 11) is 0. The van der Waals surface area contributed by atoms with Crippen molar-refractivity contribution in [1.29, 1.82) is 0 Å². The van der Waals surface area contributed by atoms with Crippen LogP contribution in [0.1, 0.15) is 35.2 Å². The summed E-state index contributed by atoms with van der Waals surface area (Å²) in [6.45, 7) is 3.45.